The smallest absolute Gasteiger partial charge is 0.412 e. The number of fused-ring (bicyclic) bond motifs is 2. The Bertz CT molecular complexity index is 1570. The van der Waals surface area contributed by atoms with Gasteiger partial charge in [-0.15, -0.1) is 23.4 Å². The summed E-state index contributed by atoms with van der Waals surface area (Å²) in [5, 5.41) is 15.7. The number of carbonyl (C=O) groups is 1. The van der Waals surface area contributed by atoms with Crippen molar-refractivity contribution in [3.63, 3.8) is 0 Å². The van der Waals surface area contributed by atoms with Crippen LogP contribution in [0, 0.1) is 0 Å². The van der Waals surface area contributed by atoms with Crippen LogP contribution in [0.4, 0.5) is 13.2 Å². The van der Waals surface area contributed by atoms with E-state index in [-0.39, 0.29) is 28.6 Å². The highest BCUT2D eigenvalue weighted by Crippen LogP contribution is 2.35. The summed E-state index contributed by atoms with van der Waals surface area (Å²) in [6.07, 6.45) is -1.05. The molecular formula is C20H13ClF3N9O2. The molecule has 0 aliphatic carbocycles. The van der Waals surface area contributed by atoms with Crippen molar-refractivity contribution in [2.75, 3.05) is 6.54 Å². The Morgan fingerprint density at radius 2 is 2.11 bits per heavy atom. The van der Waals surface area contributed by atoms with Gasteiger partial charge in [-0.3, -0.25) is 4.79 Å². The lowest BCUT2D eigenvalue weighted by atomic mass is 9.99. The van der Waals surface area contributed by atoms with E-state index in [1.807, 2.05) is 6.07 Å². The zero-order chi connectivity index (χ0) is 24.3. The number of H-pyrrole nitrogens is 1. The summed E-state index contributed by atoms with van der Waals surface area (Å²) in [7, 11) is 0. The molecule has 0 saturated carbocycles. The molecule has 1 atom stereocenters. The average Bonchev–Trinajstić information content (AvgIpc) is 3.62. The number of rotatable bonds is 3. The molecule has 5 aromatic heterocycles. The lowest BCUT2D eigenvalue weighted by Gasteiger charge is -2.32. The summed E-state index contributed by atoms with van der Waals surface area (Å²) in [6, 6.07) is 6.42. The van der Waals surface area contributed by atoms with Gasteiger partial charge in [0.25, 0.3) is 5.89 Å². The van der Waals surface area contributed by atoms with Crippen LogP contribution in [0.1, 0.15) is 33.8 Å². The van der Waals surface area contributed by atoms with Crippen molar-refractivity contribution in [1.29, 1.82) is 0 Å². The molecule has 0 radical (unpaired) electrons. The molecule has 0 saturated heterocycles. The molecule has 0 unspecified atom stereocenters. The van der Waals surface area contributed by atoms with Crippen LogP contribution in [0.15, 0.2) is 47.4 Å². The number of alkyl halides is 3. The maximum atomic E-state index is 13.4. The first-order chi connectivity index (χ1) is 16.8. The number of hydrogen-bond donors (Lipinski definition) is 1. The van der Waals surface area contributed by atoms with Gasteiger partial charge in [-0.05, 0) is 18.2 Å². The number of halogens is 4. The maximum Gasteiger partial charge on any atom is 0.504 e. The number of hydrogen-bond acceptors (Lipinski definition) is 7. The lowest BCUT2D eigenvalue weighted by Crippen LogP contribution is -2.41. The van der Waals surface area contributed by atoms with Crippen LogP contribution in [0.25, 0.3) is 17.0 Å². The molecule has 0 bridgehead atoms. The number of carbonyl (C=O) groups excluding carboxylic acids is 1. The summed E-state index contributed by atoms with van der Waals surface area (Å²) in [5.74, 6) is -1.27. The van der Waals surface area contributed by atoms with Crippen LogP contribution >= 0.6 is 11.6 Å². The minimum Gasteiger partial charge on any atom is -0.412 e. The first kappa shape index (κ1) is 21.3. The zero-order valence-corrected chi connectivity index (χ0v) is 18.2. The van der Waals surface area contributed by atoms with Gasteiger partial charge in [0.05, 0.1) is 35.0 Å². The highest BCUT2D eigenvalue weighted by atomic mass is 35.5. The maximum absolute atomic E-state index is 13.4. The molecule has 0 spiro atoms. The Morgan fingerprint density at radius 1 is 1.26 bits per heavy atom. The van der Waals surface area contributed by atoms with Gasteiger partial charge in [0.1, 0.15) is 11.2 Å². The Balaban J connectivity index is 1.37. The number of nitrogens with one attached hydrogen (secondary N) is 1. The normalized spacial score (nSPS) is 16.1. The van der Waals surface area contributed by atoms with E-state index in [0.29, 0.717) is 29.2 Å². The number of aromatic amines is 1. The molecule has 0 fully saturated rings. The molecule has 11 nitrogen and oxygen atoms in total. The average molecular weight is 504 g/mol. The highest BCUT2D eigenvalue weighted by molar-refractivity contribution is 6.29. The van der Waals surface area contributed by atoms with Crippen molar-refractivity contribution >= 4 is 23.0 Å². The fourth-order valence-electron chi connectivity index (χ4n) is 4.05. The number of nitrogens with zero attached hydrogens (tertiary/aromatic N) is 8. The van der Waals surface area contributed by atoms with Gasteiger partial charge in [-0.2, -0.15) is 14.9 Å². The van der Waals surface area contributed by atoms with Gasteiger partial charge in [0, 0.05) is 24.9 Å². The molecule has 178 valence electrons. The monoisotopic (exact) mass is 503 g/mol. The third-order valence-electron chi connectivity index (χ3n) is 5.62. The first-order valence-corrected chi connectivity index (χ1v) is 10.6. The van der Waals surface area contributed by atoms with Gasteiger partial charge >= 0.3 is 18.1 Å². The second-order valence-electron chi connectivity index (χ2n) is 7.73. The summed E-state index contributed by atoms with van der Waals surface area (Å²) in [5.41, 5.74) is 2.63. The van der Waals surface area contributed by atoms with E-state index in [0.717, 1.165) is 17.4 Å². The van der Waals surface area contributed by atoms with Crippen LogP contribution in [-0.4, -0.2) is 56.9 Å². The highest BCUT2D eigenvalue weighted by Gasteiger charge is 2.38. The Morgan fingerprint density at radius 3 is 2.89 bits per heavy atom. The molecule has 1 N–H and O–H groups in total. The minimum absolute atomic E-state index is 0.0753. The van der Waals surface area contributed by atoms with E-state index in [1.165, 1.54) is 11.2 Å². The van der Waals surface area contributed by atoms with Crippen molar-refractivity contribution in [3.8, 4) is 11.5 Å². The van der Waals surface area contributed by atoms with Crippen molar-refractivity contribution < 1.29 is 22.4 Å². The van der Waals surface area contributed by atoms with E-state index >= 15 is 0 Å². The molecule has 1 amide bonds. The Kier molecular flexibility index (Phi) is 4.67. The second kappa shape index (κ2) is 7.66. The van der Waals surface area contributed by atoms with Crippen LogP contribution in [0.5, 0.6) is 0 Å². The first-order valence-electron chi connectivity index (χ1n) is 10.2. The molecule has 5 aromatic rings. The molecule has 6 rings (SSSR count). The number of pyridine rings is 1. The van der Waals surface area contributed by atoms with Gasteiger partial charge < -0.3 is 14.3 Å². The van der Waals surface area contributed by atoms with Crippen molar-refractivity contribution in [3.05, 3.63) is 71.1 Å². The Labute approximate surface area is 198 Å². The predicted octanol–water partition coefficient (Wildman–Crippen LogP) is 3.22. The van der Waals surface area contributed by atoms with Crippen LogP contribution in [0.3, 0.4) is 0 Å². The Hall–Kier alpha value is -4.20. The van der Waals surface area contributed by atoms with E-state index in [2.05, 4.69) is 30.4 Å². The molecule has 35 heavy (non-hydrogen) atoms. The molecule has 6 heterocycles. The number of imidazole rings is 1. The third-order valence-corrected chi connectivity index (χ3v) is 5.91. The predicted molar refractivity (Wildman–Crippen MR) is 112 cm³/mol. The van der Waals surface area contributed by atoms with E-state index < -0.39 is 18.2 Å². The standard InChI is InChI=1S/C20H13ClF3N9O2/c21-14-3-1-2-11-6-13(30-33(11)14)16-15-12(25-9-26-15)4-5-31(16)19(34)18-29-28-17(35-18)10-7-27-32(8-10)20(22,23)24/h1-3,6-9,16H,4-5H2,(H,25,26)/t16-/m0/s1. The third kappa shape index (κ3) is 3.53. The second-order valence-corrected chi connectivity index (χ2v) is 8.11. The molecule has 0 aromatic carbocycles. The number of aromatic nitrogens is 8. The fraction of sp³-hybridized carbons (Fsp3) is 0.200. The van der Waals surface area contributed by atoms with Crippen LogP contribution in [-0.2, 0) is 12.7 Å². The molecular weight excluding hydrogens is 491 g/mol. The van der Waals surface area contributed by atoms with Crippen molar-refractivity contribution in [2.24, 2.45) is 0 Å². The van der Waals surface area contributed by atoms with Gasteiger partial charge in [0.2, 0.25) is 0 Å². The van der Waals surface area contributed by atoms with E-state index in [9.17, 15) is 18.0 Å². The summed E-state index contributed by atoms with van der Waals surface area (Å²) in [6.45, 7) is 0.282. The van der Waals surface area contributed by atoms with Crippen LogP contribution in [0.2, 0.25) is 5.15 Å². The minimum atomic E-state index is -4.70. The summed E-state index contributed by atoms with van der Waals surface area (Å²) in [4.78, 5) is 22.4. The SMILES string of the molecule is O=C(c1nnc(-c2cnn(C(F)(F)F)c2)o1)N1CCc2[nH]cnc2[C@@H]1c1cc2cccc(Cl)n2n1. The molecule has 1 aliphatic rings. The fourth-order valence-corrected chi connectivity index (χ4v) is 4.26. The lowest BCUT2D eigenvalue weighted by molar-refractivity contribution is -0.212. The molecule has 1 aliphatic heterocycles. The van der Waals surface area contributed by atoms with E-state index in [1.54, 1.807) is 22.7 Å². The van der Waals surface area contributed by atoms with Gasteiger partial charge in [-0.1, -0.05) is 17.7 Å². The van der Waals surface area contributed by atoms with E-state index in [4.69, 9.17) is 16.0 Å². The van der Waals surface area contributed by atoms with Crippen molar-refractivity contribution in [1.82, 2.24) is 44.5 Å². The summed E-state index contributed by atoms with van der Waals surface area (Å²) < 4.78 is 45.3. The largest absolute Gasteiger partial charge is 0.504 e. The zero-order valence-electron chi connectivity index (χ0n) is 17.4. The van der Waals surface area contributed by atoms with Gasteiger partial charge in [0.15, 0.2) is 0 Å². The molecule has 15 heteroatoms. The van der Waals surface area contributed by atoms with Gasteiger partial charge in [-0.25, -0.2) is 9.50 Å². The summed E-state index contributed by atoms with van der Waals surface area (Å²) >= 11 is 6.26. The number of amides is 1. The quantitative estimate of drug-likeness (QED) is 0.375. The van der Waals surface area contributed by atoms with Crippen LogP contribution < -0.4 is 0 Å². The van der Waals surface area contributed by atoms with Crippen molar-refractivity contribution in [2.45, 2.75) is 18.8 Å². The topological polar surface area (TPSA) is 123 Å².